The van der Waals surface area contributed by atoms with E-state index in [4.69, 9.17) is 13.8 Å². The predicted molar refractivity (Wildman–Crippen MR) is 160 cm³/mol. The minimum Gasteiger partial charge on any atom is -0.463 e. The highest BCUT2D eigenvalue weighted by Crippen LogP contribution is 2.42. The molecule has 2 atom stereocenters. The monoisotopic (exact) mass is 585 g/mol. The molecule has 0 saturated carbocycles. The fraction of sp³-hybridized carbons (Fsp3) is 0.667. The molecule has 0 rings (SSSR count). The lowest BCUT2D eigenvalue weighted by atomic mass is 10.1. The molecule has 230 valence electrons. The number of hydrogen-bond donors (Lipinski definition) is 3. The molecule has 0 aromatic heterocycles. The molecule has 0 spiro atoms. The average molecular weight is 586 g/mol. The number of aliphatic hydroxyl groups is 1. The molecule has 0 aliphatic rings. The van der Waals surface area contributed by atoms with Crippen molar-refractivity contribution in [1.29, 1.82) is 0 Å². The lowest BCUT2D eigenvalue weighted by Gasteiger charge is -2.15. The van der Waals surface area contributed by atoms with Crippen LogP contribution < -0.4 is 5.32 Å². The van der Waals surface area contributed by atoms with Crippen molar-refractivity contribution in [3.05, 3.63) is 48.6 Å². The van der Waals surface area contributed by atoms with Crippen molar-refractivity contribution in [3.8, 4) is 0 Å². The zero-order valence-electron chi connectivity index (χ0n) is 24.5. The third kappa shape index (κ3) is 27.5. The normalized spacial score (nSPS) is 14.4. The van der Waals surface area contributed by atoms with E-state index in [0.717, 1.165) is 64.2 Å². The van der Waals surface area contributed by atoms with Crippen LogP contribution in [0.25, 0.3) is 0 Å². The average Bonchev–Trinajstić information content (AvgIpc) is 2.93. The number of aliphatic hydroxyl groups excluding tert-OH is 1. The first-order chi connectivity index (χ1) is 19.3. The van der Waals surface area contributed by atoms with Crippen LogP contribution in [0.1, 0.15) is 97.3 Å². The largest absolute Gasteiger partial charge is 0.472 e. The number of rotatable bonds is 26. The third-order valence-corrected chi connectivity index (χ3v) is 6.51. The van der Waals surface area contributed by atoms with Crippen molar-refractivity contribution >= 4 is 19.7 Å². The van der Waals surface area contributed by atoms with E-state index in [0.29, 0.717) is 12.8 Å². The van der Waals surface area contributed by atoms with Crippen molar-refractivity contribution in [1.82, 2.24) is 5.32 Å². The van der Waals surface area contributed by atoms with Gasteiger partial charge in [0, 0.05) is 19.4 Å². The number of ether oxygens (including phenoxy) is 1. The summed E-state index contributed by atoms with van der Waals surface area (Å²) >= 11 is 0. The molecule has 9 nitrogen and oxygen atoms in total. The van der Waals surface area contributed by atoms with E-state index in [1.807, 2.05) is 0 Å². The molecule has 0 aromatic carbocycles. The van der Waals surface area contributed by atoms with Gasteiger partial charge in [0.15, 0.2) is 0 Å². The number of unbranched alkanes of at least 4 members (excludes halogenated alkanes) is 5. The van der Waals surface area contributed by atoms with Gasteiger partial charge >= 0.3 is 13.8 Å². The van der Waals surface area contributed by atoms with Crippen LogP contribution >= 0.6 is 7.82 Å². The second-order valence-electron chi connectivity index (χ2n) is 9.34. The molecule has 3 N–H and O–H groups in total. The van der Waals surface area contributed by atoms with Crippen LogP contribution in [0.5, 0.6) is 0 Å². The Morgan fingerprint density at radius 3 is 2.08 bits per heavy atom. The summed E-state index contributed by atoms with van der Waals surface area (Å²) in [4.78, 5) is 33.2. The van der Waals surface area contributed by atoms with Crippen LogP contribution in [0.4, 0.5) is 0 Å². The van der Waals surface area contributed by atoms with Crippen LogP contribution in [0, 0.1) is 0 Å². The second-order valence-corrected chi connectivity index (χ2v) is 10.8. The fourth-order valence-corrected chi connectivity index (χ4v) is 4.07. The molecule has 0 aliphatic carbocycles. The summed E-state index contributed by atoms with van der Waals surface area (Å²) in [5.74, 6) is -0.585. The molecule has 10 heteroatoms. The molecule has 1 amide bonds. The first kappa shape index (κ1) is 38.0. The zero-order valence-corrected chi connectivity index (χ0v) is 25.4. The maximum Gasteiger partial charge on any atom is 0.472 e. The zero-order chi connectivity index (χ0) is 29.7. The number of phosphoric ester groups is 1. The van der Waals surface area contributed by atoms with E-state index in [1.165, 1.54) is 0 Å². The van der Waals surface area contributed by atoms with Crippen LogP contribution in [-0.4, -0.2) is 54.3 Å². The quantitative estimate of drug-likeness (QED) is 0.0455. The van der Waals surface area contributed by atoms with Crippen molar-refractivity contribution in [3.63, 3.8) is 0 Å². The summed E-state index contributed by atoms with van der Waals surface area (Å²) in [6, 6.07) is 0. The minimum atomic E-state index is -4.40. The van der Waals surface area contributed by atoms with Crippen molar-refractivity contribution in [2.75, 3.05) is 26.4 Å². The number of esters is 1. The van der Waals surface area contributed by atoms with E-state index < -0.39 is 26.5 Å². The molecule has 2 unspecified atom stereocenters. The fourth-order valence-electron chi connectivity index (χ4n) is 3.31. The lowest BCUT2D eigenvalue weighted by Crippen LogP contribution is -2.27. The van der Waals surface area contributed by atoms with Gasteiger partial charge in [0.1, 0.15) is 12.7 Å². The van der Waals surface area contributed by atoms with Crippen LogP contribution in [0.15, 0.2) is 48.6 Å². The van der Waals surface area contributed by atoms with Crippen LogP contribution in [-0.2, 0) is 27.9 Å². The summed E-state index contributed by atoms with van der Waals surface area (Å²) in [5, 5.41) is 12.5. The molecule has 0 bridgehead atoms. The first-order valence-corrected chi connectivity index (χ1v) is 16.1. The number of allylic oxidation sites excluding steroid dienone is 8. The number of carbonyl (C=O) groups excluding carboxylic acids is 2. The Hall–Kier alpha value is -2.03. The molecule has 0 aromatic rings. The summed E-state index contributed by atoms with van der Waals surface area (Å²) in [6.45, 7) is 3.21. The molecule has 0 radical (unpaired) electrons. The second kappa shape index (κ2) is 27.2. The Labute approximate surface area is 241 Å². The maximum absolute atomic E-state index is 11.9. The van der Waals surface area contributed by atoms with Gasteiger partial charge in [-0.2, -0.15) is 0 Å². The molecule has 0 heterocycles. The van der Waals surface area contributed by atoms with E-state index in [1.54, 1.807) is 0 Å². The van der Waals surface area contributed by atoms with E-state index in [-0.39, 0.29) is 32.1 Å². The van der Waals surface area contributed by atoms with Gasteiger partial charge in [-0.1, -0.05) is 81.7 Å². The van der Waals surface area contributed by atoms with Gasteiger partial charge in [-0.25, -0.2) is 4.57 Å². The highest BCUT2D eigenvalue weighted by atomic mass is 31.2. The van der Waals surface area contributed by atoms with Gasteiger partial charge in [0.2, 0.25) is 5.91 Å². The van der Waals surface area contributed by atoms with Gasteiger partial charge in [-0.05, 0) is 51.4 Å². The van der Waals surface area contributed by atoms with Crippen LogP contribution in [0.3, 0.4) is 0 Å². The predicted octanol–water partition coefficient (Wildman–Crippen LogP) is 6.48. The van der Waals surface area contributed by atoms with E-state index in [2.05, 4.69) is 67.8 Å². The topological polar surface area (TPSA) is 131 Å². The molecule has 0 saturated heterocycles. The lowest BCUT2D eigenvalue weighted by molar-refractivity contribution is -0.147. The van der Waals surface area contributed by atoms with E-state index >= 15 is 0 Å². The van der Waals surface area contributed by atoms with Gasteiger partial charge in [0.05, 0.1) is 13.2 Å². The van der Waals surface area contributed by atoms with E-state index in [9.17, 15) is 24.2 Å². The van der Waals surface area contributed by atoms with Gasteiger partial charge in [-0.3, -0.25) is 18.6 Å². The first-order valence-electron chi connectivity index (χ1n) is 14.6. The van der Waals surface area contributed by atoms with Crippen LogP contribution in [0.2, 0.25) is 0 Å². The number of hydrogen-bond acceptors (Lipinski definition) is 7. The molecule has 40 heavy (non-hydrogen) atoms. The number of nitrogens with one attached hydrogen (secondary N) is 1. The van der Waals surface area contributed by atoms with Crippen molar-refractivity contribution in [2.45, 2.75) is 103 Å². The minimum absolute atomic E-state index is 0.0724. The van der Waals surface area contributed by atoms with Gasteiger partial charge < -0.3 is 20.1 Å². The highest BCUT2D eigenvalue weighted by Gasteiger charge is 2.23. The Morgan fingerprint density at radius 1 is 0.800 bits per heavy atom. The number of amides is 1. The molecular weight excluding hydrogens is 533 g/mol. The third-order valence-electron chi connectivity index (χ3n) is 5.52. The summed E-state index contributed by atoms with van der Waals surface area (Å²) < 4.78 is 26.4. The number of phosphoric acid groups is 1. The highest BCUT2D eigenvalue weighted by molar-refractivity contribution is 7.47. The maximum atomic E-state index is 11.9. The standard InChI is InChI=1S/C30H52NO8P/c1-3-5-7-9-10-11-12-13-14-15-16-17-18-19-21-23-30(34)37-26-28(32)27-39-40(35,36)38-25-24-31-29(33)22-20-8-6-4-2/h5,7,10-11,13-14,16-17,28,32H,3-4,6,8-9,12,15,18-27H2,1-2H3,(H,31,33)(H,35,36)/b7-5-,11-10-,14-13-,17-16-. The molecule has 0 fully saturated rings. The SMILES string of the molecule is CC/C=C\C/C=C\C/C=C\C/C=C\CCCCC(=O)OCC(O)COP(=O)(O)OCCNC(=O)CCCCCC. The Morgan fingerprint density at radius 2 is 1.43 bits per heavy atom. The molecular formula is C30H52NO8P. The van der Waals surface area contributed by atoms with Gasteiger partial charge in [-0.15, -0.1) is 0 Å². The van der Waals surface area contributed by atoms with Gasteiger partial charge in [0.25, 0.3) is 0 Å². The smallest absolute Gasteiger partial charge is 0.463 e. The van der Waals surface area contributed by atoms with Crippen molar-refractivity contribution < 1.29 is 37.9 Å². The molecule has 0 aliphatic heterocycles. The summed E-state index contributed by atoms with van der Waals surface area (Å²) in [5.41, 5.74) is 0. The number of carbonyl (C=O) groups is 2. The van der Waals surface area contributed by atoms with Crippen molar-refractivity contribution in [2.24, 2.45) is 0 Å². The Bertz CT molecular complexity index is 810. The summed E-state index contributed by atoms with van der Waals surface area (Å²) in [6.07, 6.45) is 26.7. The summed E-state index contributed by atoms with van der Waals surface area (Å²) in [7, 11) is -4.40. The Balaban J connectivity index is 3.77. The Kier molecular flexibility index (Phi) is 25.8.